The average molecular weight is 322 g/mol. The Morgan fingerprint density at radius 1 is 1.52 bits per heavy atom. The molecule has 130 valence electrons. The molecule has 1 N–H and O–H groups in total. The van der Waals surface area contributed by atoms with Crippen LogP contribution < -0.4 is 5.32 Å². The maximum absolute atomic E-state index is 12.0. The summed E-state index contributed by atoms with van der Waals surface area (Å²) < 4.78 is 10.9. The zero-order valence-corrected chi connectivity index (χ0v) is 15.0. The van der Waals surface area contributed by atoms with Crippen LogP contribution in [0.2, 0.25) is 0 Å². The summed E-state index contributed by atoms with van der Waals surface area (Å²) in [6, 6.07) is 2.44. The van der Waals surface area contributed by atoms with Crippen LogP contribution in [0.25, 0.3) is 0 Å². The number of carbonyl (C=O) groups excluding carboxylic acids is 1. The summed E-state index contributed by atoms with van der Waals surface area (Å²) >= 11 is 0. The number of nitrogens with one attached hydrogen (secondary N) is 1. The van der Waals surface area contributed by atoms with Crippen molar-refractivity contribution in [2.75, 3.05) is 20.1 Å². The fourth-order valence-electron chi connectivity index (χ4n) is 2.99. The number of furan rings is 1. The van der Waals surface area contributed by atoms with E-state index in [0.29, 0.717) is 18.5 Å². The number of fused-ring (bicyclic) bond motifs is 1. The molecule has 0 radical (unpaired) electrons. The van der Waals surface area contributed by atoms with Crippen molar-refractivity contribution < 1.29 is 13.9 Å². The van der Waals surface area contributed by atoms with Gasteiger partial charge in [-0.25, -0.2) is 4.79 Å². The molecule has 0 aromatic carbocycles. The molecule has 1 amide bonds. The second-order valence-corrected chi connectivity index (χ2v) is 7.62. The Morgan fingerprint density at radius 2 is 2.26 bits per heavy atom. The van der Waals surface area contributed by atoms with E-state index in [1.165, 1.54) is 5.56 Å². The summed E-state index contributed by atoms with van der Waals surface area (Å²) in [5, 5.41) is 3.62. The van der Waals surface area contributed by atoms with Gasteiger partial charge in [0.1, 0.15) is 11.4 Å². The molecule has 5 nitrogen and oxygen atoms in total. The normalized spacial score (nSPS) is 19.1. The van der Waals surface area contributed by atoms with Crippen molar-refractivity contribution in [1.29, 1.82) is 0 Å². The zero-order chi connectivity index (χ0) is 17.0. The third-order valence-corrected chi connectivity index (χ3v) is 4.06. The number of amides is 1. The first kappa shape index (κ1) is 17.9. The van der Waals surface area contributed by atoms with Gasteiger partial charge in [0.25, 0.3) is 0 Å². The molecule has 2 unspecified atom stereocenters. The molecule has 0 aliphatic heterocycles. The highest BCUT2D eigenvalue weighted by Crippen LogP contribution is 2.30. The van der Waals surface area contributed by atoms with Gasteiger partial charge in [-0.3, -0.25) is 0 Å². The van der Waals surface area contributed by atoms with Gasteiger partial charge in [-0.2, -0.15) is 0 Å². The maximum atomic E-state index is 12.0. The maximum Gasteiger partial charge on any atom is 0.410 e. The summed E-state index contributed by atoms with van der Waals surface area (Å²) in [7, 11) is 1.79. The van der Waals surface area contributed by atoms with Crippen LogP contribution in [0, 0.1) is 5.92 Å². The van der Waals surface area contributed by atoms with Gasteiger partial charge in [0.2, 0.25) is 0 Å². The molecule has 1 aromatic rings. The third kappa shape index (κ3) is 5.27. The number of hydrogen-bond donors (Lipinski definition) is 1. The van der Waals surface area contributed by atoms with E-state index < -0.39 is 5.60 Å². The van der Waals surface area contributed by atoms with Crippen LogP contribution in [0.3, 0.4) is 0 Å². The van der Waals surface area contributed by atoms with Crippen molar-refractivity contribution in [2.45, 2.75) is 58.6 Å². The monoisotopic (exact) mass is 322 g/mol. The van der Waals surface area contributed by atoms with Crippen molar-refractivity contribution in [3.8, 4) is 0 Å². The van der Waals surface area contributed by atoms with Crippen LogP contribution in [0.15, 0.2) is 16.7 Å². The van der Waals surface area contributed by atoms with Crippen LogP contribution >= 0.6 is 0 Å². The van der Waals surface area contributed by atoms with E-state index in [1.807, 2.05) is 20.8 Å². The lowest BCUT2D eigenvalue weighted by atomic mass is 9.93. The van der Waals surface area contributed by atoms with E-state index in [2.05, 4.69) is 18.3 Å². The summed E-state index contributed by atoms with van der Waals surface area (Å²) in [5.41, 5.74) is 0.844. The van der Waals surface area contributed by atoms with Gasteiger partial charge in [0.15, 0.2) is 0 Å². The molecular formula is C18H30N2O3. The Kier molecular flexibility index (Phi) is 5.74. The van der Waals surface area contributed by atoms with E-state index in [-0.39, 0.29) is 6.09 Å². The van der Waals surface area contributed by atoms with Crippen LogP contribution in [0.1, 0.15) is 57.9 Å². The molecule has 2 rings (SSSR count). The molecule has 5 heteroatoms. The molecule has 0 spiro atoms. The fourth-order valence-corrected chi connectivity index (χ4v) is 2.99. The Morgan fingerprint density at radius 3 is 2.96 bits per heavy atom. The molecule has 0 fully saturated rings. The molecule has 2 atom stereocenters. The van der Waals surface area contributed by atoms with Crippen molar-refractivity contribution in [1.82, 2.24) is 10.2 Å². The Labute approximate surface area is 139 Å². The minimum atomic E-state index is -0.452. The molecule has 1 aliphatic rings. The van der Waals surface area contributed by atoms with E-state index in [4.69, 9.17) is 9.15 Å². The molecule has 0 bridgehead atoms. The smallest absolute Gasteiger partial charge is 0.410 e. The molecule has 0 saturated carbocycles. The fraction of sp³-hybridized carbons (Fsp3) is 0.722. The largest absolute Gasteiger partial charge is 0.469 e. The number of ether oxygens (including phenoxy) is 1. The van der Waals surface area contributed by atoms with Crippen LogP contribution in [0.4, 0.5) is 4.79 Å². The minimum absolute atomic E-state index is 0.265. The van der Waals surface area contributed by atoms with Gasteiger partial charge >= 0.3 is 6.09 Å². The first-order valence-electron chi connectivity index (χ1n) is 8.50. The summed E-state index contributed by atoms with van der Waals surface area (Å²) in [5.74, 6) is 1.47. The molecule has 1 heterocycles. The first-order chi connectivity index (χ1) is 10.8. The SMILES string of the molecule is CC(CNC1CCCc2occc21)CN(C)C(=O)OC(C)(C)C. The number of hydrogen-bond acceptors (Lipinski definition) is 4. The standard InChI is InChI=1S/C18H30N2O3/c1-13(12-20(5)17(21)23-18(2,3)4)11-19-15-7-6-8-16-14(15)9-10-22-16/h9-10,13,15,19H,6-8,11-12H2,1-5H3. The predicted molar refractivity (Wildman–Crippen MR) is 90.4 cm³/mol. The summed E-state index contributed by atoms with van der Waals surface area (Å²) in [6.45, 7) is 9.34. The number of aryl methyl sites for hydroxylation is 1. The van der Waals surface area contributed by atoms with Crippen LogP contribution in [0.5, 0.6) is 0 Å². The highest BCUT2D eigenvalue weighted by molar-refractivity contribution is 5.67. The van der Waals surface area contributed by atoms with Crippen molar-refractivity contribution in [2.24, 2.45) is 5.92 Å². The first-order valence-corrected chi connectivity index (χ1v) is 8.50. The van der Waals surface area contributed by atoms with Crippen molar-refractivity contribution in [3.05, 3.63) is 23.7 Å². The molecule has 23 heavy (non-hydrogen) atoms. The second kappa shape index (κ2) is 7.39. The van der Waals surface area contributed by atoms with Gasteiger partial charge in [0.05, 0.1) is 6.26 Å². The van der Waals surface area contributed by atoms with Crippen LogP contribution in [-0.4, -0.2) is 36.7 Å². The molecule has 0 saturated heterocycles. The minimum Gasteiger partial charge on any atom is -0.469 e. The average Bonchev–Trinajstić information content (AvgIpc) is 2.92. The predicted octanol–water partition coefficient (Wildman–Crippen LogP) is 3.75. The lowest BCUT2D eigenvalue weighted by Crippen LogP contribution is -2.39. The second-order valence-electron chi connectivity index (χ2n) is 7.62. The van der Waals surface area contributed by atoms with Crippen molar-refractivity contribution in [3.63, 3.8) is 0 Å². The number of carbonyl (C=O) groups is 1. The number of nitrogens with zero attached hydrogens (tertiary/aromatic N) is 1. The van der Waals surface area contributed by atoms with Gasteiger partial charge in [-0.15, -0.1) is 0 Å². The lowest BCUT2D eigenvalue weighted by molar-refractivity contribution is 0.0276. The Hall–Kier alpha value is -1.49. The van der Waals surface area contributed by atoms with Crippen LogP contribution in [-0.2, 0) is 11.2 Å². The third-order valence-electron chi connectivity index (χ3n) is 4.06. The van der Waals surface area contributed by atoms with Gasteiger partial charge in [0, 0.05) is 31.6 Å². The zero-order valence-electron chi connectivity index (χ0n) is 15.0. The van der Waals surface area contributed by atoms with E-state index in [1.54, 1.807) is 18.2 Å². The van der Waals surface area contributed by atoms with E-state index in [9.17, 15) is 4.79 Å². The lowest BCUT2D eigenvalue weighted by Gasteiger charge is -2.28. The number of rotatable bonds is 5. The van der Waals surface area contributed by atoms with E-state index >= 15 is 0 Å². The Balaban J connectivity index is 1.78. The van der Waals surface area contributed by atoms with Gasteiger partial charge in [-0.1, -0.05) is 6.92 Å². The molecular weight excluding hydrogens is 292 g/mol. The van der Waals surface area contributed by atoms with Gasteiger partial charge in [-0.05, 0) is 52.1 Å². The quantitative estimate of drug-likeness (QED) is 0.897. The molecule has 1 aliphatic carbocycles. The highest BCUT2D eigenvalue weighted by Gasteiger charge is 2.24. The highest BCUT2D eigenvalue weighted by atomic mass is 16.6. The Bertz CT molecular complexity index is 519. The molecule has 1 aromatic heterocycles. The van der Waals surface area contributed by atoms with Crippen molar-refractivity contribution >= 4 is 6.09 Å². The summed E-state index contributed by atoms with van der Waals surface area (Å²) in [4.78, 5) is 13.7. The summed E-state index contributed by atoms with van der Waals surface area (Å²) in [6.07, 6.45) is 4.85. The van der Waals surface area contributed by atoms with E-state index in [0.717, 1.165) is 31.6 Å². The topological polar surface area (TPSA) is 54.7 Å². The van der Waals surface area contributed by atoms with Gasteiger partial charge < -0.3 is 19.4 Å².